The van der Waals surface area contributed by atoms with Gasteiger partial charge in [-0.3, -0.25) is 9.69 Å². The van der Waals surface area contributed by atoms with Crippen LogP contribution in [0.25, 0.3) is 0 Å². The summed E-state index contributed by atoms with van der Waals surface area (Å²) in [4.78, 5) is 14.1. The lowest BCUT2D eigenvalue weighted by Gasteiger charge is -2.33. The van der Waals surface area contributed by atoms with Crippen LogP contribution in [0.2, 0.25) is 0 Å². The number of rotatable bonds is 7. The van der Waals surface area contributed by atoms with Crippen molar-refractivity contribution in [3.05, 3.63) is 0 Å². The second-order valence-electron chi connectivity index (χ2n) is 5.23. The summed E-state index contributed by atoms with van der Waals surface area (Å²) in [7, 11) is 0. The summed E-state index contributed by atoms with van der Waals surface area (Å²) >= 11 is 0. The predicted octanol–water partition coefficient (Wildman–Crippen LogP) is 1.63. The molecule has 3 atom stereocenters. The second-order valence-corrected chi connectivity index (χ2v) is 5.23. The maximum Gasteiger partial charge on any atom is 0.309 e. The lowest BCUT2D eigenvalue weighted by atomic mass is 10.0. The first-order chi connectivity index (χ1) is 8.63. The molecule has 0 heterocycles. The van der Waals surface area contributed by atoms with Gasteiger partial charge in [0.2, 0.25) is 0 Å². The van der Waals surface area contributed by atoms with Gasteiger partial charge < -0.3 is 10.5 Å². The Morgan fingerprint density at radius 2 is 2.17 bits per heavy atom. The van der Waals surface area contributed by atoms with Gasteiger partial charge in [0.25, 0.3) is 0 Å². The number of esters is 1. The van der Waals surface area contributed by atoms with Crippen molar-refractivity contribution >= 4 is 5.97 Å². The Hall–Kier alpha value is -0.610. The fourth-order valence-corrected chi connectivity index (χ4v) is 2.98. The van der Waals surface area contributed by atoms with Crippen molar-refractivity contribution in [3.63, 3.8) is 0 Å². The minimum atomic E-state index is -0.0850. The summed E-state index contributed by atoms with van der Waals surface area (Å²) < 4.78 is 5.07. The van der Waals surface area contributed by atoms with Crippen molar-refractivity contribution in [2.24, 2.45) is 17.6 Å². The summed E-state index contributed by atoms with van der Waals surface area (Å²) in [5, 5.41) is 0. The first-order valence-electron chi connectivity index (χ1n) is 7.24. The molecular formula is C14H28N2O2. The van der Waals surface area contributed by atoms with E-state index in [4.69, 9.17) is 10.5 Å². The van der Waals surface area contributed by atoms with Gasteiger partial charge in [0, 0.05) is 12.6 Å². The Morgan fingerprint density at radius 1 is 1.44 bits per heavy atom. The van der Waals surface area contributed by atoms with Crippen LogP contribution in [0.3, 0.4) is 0 Å². The normalized spacial score (nSPS) is 25.4. The number of carbonyl (C=O) groups is 1. The van der Waals surface area contributed by atoms with E-state index < -0.39 is 0 Å². The van der Waals surface area contributed by atoms with E-state index in [-0.39, 0.29) is 11.9 Å². The lowest BCUT2D eigenvalue weighted by molar-refractivity contribution is -0.148. The highest BCUT2D eigenvalue weighted by atomic mass is 16.5. The summed E-state index contributed by atoms with van der Waals surface area (Å²) in [6.45, 7) is 8.95. The summed E-state index contributed by atoms with van der Waals surface area (Å²) in [6, 6.07) is 0.553. The Balaban J connectivity index is 2.53. The van der Waals surface area contributed by atoms with Crippen LogP contribution in [0.1, 0.15) is 40.0 Å². The van der Waals surface area contributed by atoms with Gasteiger partial charge in [-0.1, -0.05) is 20.3 Å². The zero-order valence-electron chi connectivity index (χ0n) is 12.0. The first-order valence-corrected chi connectivity index (χ1v) is 7.24. The molecule has 0 aliphatic heterocycles. The van der Waals surface area contributed by atoms with Gasteiger partial charge in [-0.2, -0.15) is 0 Å². The van der Waals surface area contributed by atoms with E-state index >= 15 is 0 Å². The minimum absolute atomic E-state index is 0.0519. The van der Waals surface area contributed by atoms with Crippen molar-refractivity contribution in [1.29, 1.82) is 0 Å². The minimum Gasteiger partial charge on any atom is -0.466 e. The summed E-state index contributed by atoms with van der Waals surface area (Å²) in [6.07, 6.45) is 3.70. The largest absolute Gasteiger partial charge is 0.466 e. The molecular weight excluding hydrogens is 228 g/mol. The molecule has 1 aliphatic rings. The Bertz CT molecular complexity index is 258. The molecule has 0 aromatic carbocycles. The number of hydrogen-bond acceptors (Lipinski definition) is 4. The molecule has 3 unspecified atom stereocenters. The molecule has 1 aliphatic carbocycles. The number of hydrogen-bond donors (Lipinski definition) is 1. The molecule has 1 saturated carbocycles. The van der Waals surface area contributed by atoms with E-state index in [1.165, 1.54) is 19.3 Å². The SMILES string of the molecule is CCOC(=O)C(C)CN(CC)C1CCCC1CN. The van der Waals surface area contributed by atoms with Gasteiger partial charge in [-0.25, -0.2) is 0 Å². The molecule has 0 amide bonds. The highest BCUT2D eigenvalue weighted by Crippen LogP contribution is 2.29. The third kappa shape index (κ3) is 3.95. The van der Waals surface area contributed by atoms with E-state index in [2.05, 4.69) is 11.8 Å². The predicted molar refractivity (Wildman–Crippen MR) is 73.2 cm³/mol. The van der Waals surface area contributed by atoms with Crippen LogP contribution in [-0.2, 0) is 9.53 Å². The van der Waals surface area contributed by atoms with Gasteiger partial charge in [0.1, 0.15) is 0 Å². The molecule has 1 fully saturated rings. The fourth-order valence-electron chi connectivity index (χ4n) is 2.98. The molecule has 18 heavy (non-hydrogen) atoms. The quantitative estimate of drug-likeness (QED) is 0.704. The molecule has 4 heteroatoms. The van der Waals surface area contributed by atoms with Gasteiger partial charge in [-0.05, 0) is 38.8 Å². The average molecular weight is 256 g/mol. The van der Waals surface area contributed by atoms with Gasteiger partial charge in [0.05, 0.1) is 12.5 Å². The molecule has 0 radical (unpaired) electrons. The summed E-state index contributed by atoms with van der Waals surface area (Å²) in [5.74, 6) is 0.460. The average Bonchev–Trinajstić information content (AvgIpc) is 2.83. The maximum absolute atomic E-state index is 11.7. The van der Waals surface area contributed by atoms with Gasteiger partial charge in [0.15, 0.2) is 0 Å². The molecule has 1 rings (SSSR count). The molecule has 106 valence electrons. The zero-order valence-corrected chi connectivity index (χ0v) is 12.0. The molecule has 0 spiro atoms. The molecule has 0 saturated heterocycles. The smallest absolute Gasteiger partial charge is 0.309 e. The summed E-state index contributed by atoms with van der Waals surface area (Å²) in [5.41, 5.74) is 5.84. The molecule has 2 N–H and O–H groups in total. The van der Waals surface area contributed by atoms with Crippen molar-refractivity contribution in [3.8, 4) is 0 Å². The monoisotopic (exact) mass is 256 g/mol. The van der Waals surface area contributed by atoms with Crippen molar-refractivity contribution in [1.82, 2.24) is 4.90 Å². The van der Waals surface area contributed by atoms with Crippen molar-refractivity contribution < 1.29 is 9.53 Å². The third-order valence-corrected chi connectivity index (χ3v) is 3.99. The lowest BCUT2D eigenvalue weighted by Crippen LogP contribution is -2.43. The van der Waals surface area contributed by atoms with Crippen molar-refractivity contribution in [2.45, 2.75) is 46.1 Å². The van der Waals surface area contributed by atoms with Gasteiger partial charge in [-0.15, -0.1) is 0 Å². The van der Waals surface area contributed by atoms with E-state index in [0.29, 0.717) is 18.6 Å². The number of carbonyl (C=O) groups excluding carboxylic acids is 1. The van der Waals surface area contributed by atoms with Crippen LogP contribution in [0.5, 0.6) is 0 Å². The van der Waals surface area contributed by atoms with E-state index in [0.717, 1.165) is 19.6 Å². The molecule has 0 aromatic heterocycles. The first kappa shape index (κ1) is 15.4. The number of ether oxygens (including phenoxy) is 1. The Labute approximate surface area is 111 Å². The van der Waals surface area contributed by atoms with E-state index in [1.54, 1.807) is 0 Å². The van der Waals surface area contributed by atoms with Crippen LogP contribution >= 0.6 is 0 Å². The maximum atomic E-state index is 11.7. The highest BCUT2D eigenvalue weighted by molar-refractivity contribution is 5.72. The fraction of sp³-hybridized carbons (Fsp3) is 0.929. The number of nitrogens with zero attached hydrogens (tertiary/aromatic N) is 1. The van der Waals surface area contributed by atoms with Crippen LogP contribution in [0, 0.1) is 11.8 Å². The third-order valence-electron chi connectivity index (χ3n) is 3.99. The second kappa shape index (κ2) is 7.74. The molecule has 4 nitrogen and oxygen atoms in total. The van der Waals surface area contributed by atoms with Crippen LogP contribution in [-0.4, -0.2) is 43.2 Å². The van der Waals surface area contributed by atoms with Crippen LogP contribution in [0.4, 0.5) is 0 Å². The van der Waals surface area contributed by atoms with E-state index in [9.17, 15) is 4.79 Å². The van der Waals surface area contributed by atoms with Crippen molar-refractivity contribution in [2.75, 3.05) is 26.2 Å². The van der Waals surface area contributed by atoms with E-state index in [1.807, 2.05) is 13.8 Å². The van der Waals surface area contributed by atoms with Gasteiger partial charge >= 0.3 is 5.97 Å². The standard InChI is InChI=1S/C14H28N2O2/c1-4-16(10-11(3)14(17)18-5-2)13-8-6-7-12(13)9-15/h11-13H,4-10,15H2,1-3H3. The molecule has 0 bridgehead atoms. The van der Waals surface area contributed by atoms with Crippen LogP contribution < -0.4 is 5.73 Å². The molecule has 0 aromatic rings. The Morgan fingerprint density at radius 3 is 2.72 bits per heavy atom. The zero-order chi connectivity index (χ0) is 13.5. The number of nitrogens with two attached hydrogens (primary N) is 1. The highest BCUT2D eigenvalue weighted by Gasteiger charge is 2.32. The Kier molecular flexibility index (Phi) is 6.65. The van der Waals surface area contributed by atoms with Crippen LogP contribution in [0.15, 0.2) is 0 Å². The topological polar surface area (TPSA) is 55.6 Å².